The zero-order chi connectivity index (χ0) is 51.7. The van der Waals surface area contributed by atoms with Gasteiger partial charge in [-0.15, -0.1) is 0 Å². The van der Waals surface area contributed by atoms with E-state index in [1.165, 1.54) is 54.0 Å². The molecule has 0 radical (unpaired) electrons. The van der Waals surface area contributed by atoms with Crippen LogP contribution >= 0.6 is 0 Å². The third-order valence-electron chi connectivity index (χ3n) is 13.2. The van der Waals surface area contributed by atoms with E-state index in [1.807, 2.05) is 0 Å². The number of aliphatic hydroxyl groups is 5. The van der Waals surface area contributed by atoms with E-state index in [0.29, 0.717) is 5.56 Å². The number of rotatable bonds is 11. The van der Waals surface area contributed by atoms with Gasteiger partial charge in [-0.05, 0) is 62.1 Å². The number of aromatic hydroxyl groups is 3. The number of carbonyl (C=O) groups excluding carboxylic acids is 4. The number of benzene rings is 4. The molecule has 11 atom stereocenters. The summed E-state index contributed by atoms with van der Waals surface area (Å²) < 4.78 is 35.0. The predicted octanol–water partition coefficient (Wildman–Crippen LogP) is 1.83. The minimum Gasteiger partial charge on any atom is -0.507 e. The van der Waals surface area contributed by atoms with E-state index in [2.05, 4.69) is 5.32 Å². The maximum Gasteiger partial charge on any atom is 0.410 e. The maximum absolute atomic E-state index is 14.3. The fourth-order valence-corrected chi connectivity index (χ4v) is 9.43. The first kappa shape index (κ1) is 50.7. The summed E-state index contributed by atoms with van der Waals surface area (Å²) >= 11 is 0. The molecule has 2 aliphatic heterocycles. The number of likely N-dealkylation sites (N-methyl/N-ethyl adjacent to an activating group) is 1. The van der Waals surface area contributed by atoms with Crippen LogP contribution in [0.15, 0.2) is 54.6 Å². The number of aliphatic carboxylic acids is 1. The van der Waals surface area contributed by atoms with Crippen LogP contribution in [0.1, 0.15) is 97.4 Å². The highest BCUT2D eigenvalue weighted by molar-refractivity contribution is 6.31. The smallest absolute Gasteiger partial charge is 0.410 e. The molecule has 4 aromatic carbocycles. The number of aryl methyl sites for hydroxylation is 1. The first-order valence-corrected chi connectivity index (χ1v) is 22.2. The van der Waals surface area contributed by atoms with Crippen molar-refractivity contribution < 1.29 is 98.4 Å². The van der Waals surface area contributed by atoms with Gasteiger partial charge >= 0.3 is 12.1 Å². The second kappa shape index (κ2) is 19.1. The van der Waals surface area contributed by atoms with Crippen molar-refractivity contribution in [2.75, 3.05) is 20.8 Å². The summed E-state index contributed by atoms with van der Waals surface area (Å²) in [5, 5.41) is 104. The highest BCUT2D eigenvalue weighted by atomic mass is 16.7. The first-order valence-electron chi connectivity index (χ1n) is 22.2. The quantitative estimate of drug-likeness (QED) is 0.0902. The third kappa shape index (κ3) is 8.80. The van der Waals surface area contributed by atoms with E-state index in [4.69, 9.17) is 28.4 Å². The zero-order valence-electron chi connectivity index (χ0n) is 38.9. The number of nitrogens with one attached hydrogen (secondary N) is 1. The molecule has 2 heterocycles. The van der Waals surface area contributed by atoms with Crippen molar-refractivity contribution in [1.29, 1.82) is 0 Å². The molecule has 2 fully saturated rings. The summed E-state index contributed by atoms with van der Waals surface area (Å²) in [4.78, 5) is 69.1. The SMILES string of the molecule is COc1cc(O)c2c(c1)C(=O)c1c(cc3c(c1O)-c1c(cc(C)c(C(=O)NC(C)(C)C(=O)O)c1O)[C@H](O[C@@H]1O[C@H](C)[C@H](N(C)C(=O)OCc4ccccc4)[C@H](O[C@@H]4OC[C@@H](O)[C@H](O)[C@H]4O)[C@H]1O)[C@H]3O)C2=O. The second-order valence-electron chi connectivity index (χ2n) is 18.3. The van der Waals surface area contributed by atoms with Gasteiger partial charge < -0.3 is 84.6 Å². The van der Waals surface area contributed by atoms with Crippen LogP contribution in [0.3, 0.4) is 0 Å². The highest BCUT2D eigenvalue weighted by Gasteiger charge is 2.53. The van der Waals surface area contributed by atoms with Gasteiger partial charge in [-0.3, -0.25) is 14.4 Å². The number of carboxylic acid groups (broad SMARTS) is 1. The number of carbonyl (C=O) groups is 5. The fourth-order valence-electron chi connectivity index (χ4n) is 9.43. The summed E-state index contributed by atoms with van der Waals surface area (Å²) in [5.41, 5.74) is -5.11. The first-order chi connectivity index (χ1) is 33.5. The van der Waals surface area contributed by atoms with Crippen molar-refractivity contribution in [1.82, 2.24) is 10.2 Å². The van der Waals surface area contributed by atoms with E-state index in [0.717, 1.165) is 17.0 Å². The Morgan fingerprint density at radius 3 is 2.13 bits per heavy atom. The van der Waals surface area contributed by atoms with Crippen molar-refractivity contribution in [2.45, 2.75) is 107 Å². The van der Waals surface area contributed by atoms with Crippen LogP contribution in [-0.4, -0.2) is 162 Å². The molecule has 0 bridgehead atoms. The van der Waals surface area contributed by atoms with Gasteiger partial charge in [0.15, 0.2) is 24.1 Å². The van der Waals surface area contributed by atoms with Crippen LogP contribution in [0.5, 0.6) is 23.0 Å². The molecule has 4 aliphatic rings. The molecule has 71 heavy (non-hydrogen) atoms. The van der Waals surface area contributed by atoms with Crippen molar-refractivity contribution in [3.8, 4) is 34.1 Å². The Bertz CT molecular complexity index is 2820. The summed E-state index contributed by atoms with van der Waals surface area (Å²) in [6, 6.07) is 12.0. The molecule has 22 heteroatoms. The van der Waals surface area contributed by atoms with E-state index in [9.17, 15) is 69.9 Å². The second-order valence-corrected chi connectivity index (χ2v) is 18.3. The average Bonchev–Trinajstić information content (AvgIpc) is 3.32. The van der Waals surface area contributed by atoms with Crippen molar-refractivity contribution in [2.24, 2.45) is 0 Å². The zero-order valence-corrected chi connectivity index (χ0v) is 38.9. The molecule has 378 valence electrons. The van der Waals surface area contributed by atoms with Gasteiger partial charge in [-0.1, -0.05) is 36.4 Å². The largest absolute Gasteiger partial charge is 0.507 e. The van der Waals surface area contributed by atoms with Gasteiger partial charge in [0.2, 0.25) is 0 Å². The van der Waals surface area contributed by atoms with E-state index in [1.54, 1.807) is 30.3 Å². The number of hydrogen-bond acceptors (Lipinski definition) is 19. The summed E-state index contributed by atoms with van der Waals surface area (Å²) in [6.45, 7) is 4.54. The molecule has 0 unspecified atom stereocenters. The number of hydrogen-bond donors (Lipinski definition) is 10. The number of ether oxygens (including phenoxy) is 6. The number of carboxylic acids is 1. The number of fused-ring (bicyclic) bond motifs is 5. The normalized spacial score (nSPS) is 26.8. The molecular formula is C49H52N2O20. The van der Waals surface area contributed by atoms with Crippen LogP contribution in [-0.2, 0) is 35.1 Å². The van der Waals surface area contributed by atoms with Gasteiger partial charge in [0.25, 0.3) is 5.91 Å². The van der Waals surface area contributed by atoms with Gasteiger partial charge in [0.05, 0.1) is 42.6 Å². The summed E-state index contributed by atoms with van der Waals surface area (Å²) in [6.07, 6.45) is -18.3. The van der Waals surface area contributed by atoms with Gasteiger partial charge in [-0.25, -0.2) is 9.59 Å². The monoisotopic (exact) mass is 988 g/mol. The molecule has 0 spiro atoms. The molecule has 10 N–H and O–H groups in total. The van der Waals surface area contributed by atoms with E-state index >= 15 is 0 Å². The van der Waals surface area contributed by atoms with Crippen LogP contribution < -0.4 is 10.1 Å². The number of phenolic OH excluding ortho intramolecular Hbond substituents is 3. The summed E-state index contributed by atoms with van der Waals surface area (Å²) in [7, 11) is 2.58. The van der Waals surface area contributed by atoms with Crippen molar-refractivity contribution in [3.05, 3.63) is 105 Å². The third-order valence-corrected chi connectivity index (χ3v) is 13.2. The Labute approximate surface area is 404 Å². The van der Waals surface area contributed by atoms with Crippen molar-refractivity contribution >= 4 is 29.5 Å². The molecule has 2 amide bonds. The minimum atomic E-state index is -2.01. The number of methoxy groups -OCH3 is 1. The lowest BCUT2D eigenvalue weighted by molar-refractivity contribution is -0.344. The van der Waals surface area contributed by atoms with E-state index in [-0.39, 0.29) is 34.6 Å². The Hall–Kier alpha value is -6.73. The Morgan fingerprint density at radius 2 is 1.46 bits per heavy atom. The Morgan fingerprint density at radius 1 is 0.817 bits per heavy atom. The molecule has 0 saturated carbocycles. The highest BCUT2D eigenvalue weighted by Crippen LogP contribution is 2.57. The number of phenols is 3. The lowest BCUT2D eigenvalue weighted by Gasteiger charge is -2.49. The molecule has 8 rings (SSSR count). The predicted molar refractivity (Wildman–Crippen MR) is 241 cm³/mol. The topological polar surface area (TPSA) is 338 Å². The van der Waals surface area contributed by atoms with Crippen LogP contribution in [0.4, 0.5) is 4.79 Å². The van der Waals surface area contributed by atoms with Crippen LogP contribution in [0.25, 0.3) is 11.1 Å². The molecule has 0 aromatic heterocycles. The van der Waals surface area contributed by atoms with Gasteiger partial charge in [0, 0.05) is 35.4 Å². The fraction of sp³-hybridized carbons (Fsp3) is 0.408. The van der Waals surface area contributed by atoms with Gasteiger partial charge in [0.1, 0.15) is 77.9 Å². The molecule has 2 saturated heterocycles. The number of ketones is 2. The Balaban J connectivity index is 1.23. The molecule has 2 aliphatic carbocycles. The molecular weight excluding hydrogens is 937 g/mol. The number of amides is 2. The van der Waals surface area contributed by atoms with Crippen LogP contribution in [0.2, 0.25) is 0 Å². The maximum atomic E-state index is 14.3. The molecule has 4 aromatic rings. The molecule has 22 nitrogen and oxygen atoms in total. The standard InChI is InChI=1S/C49H52N2O20/c1-18-12-25-31(38(58)28(18)44(62)50-49(3,4)47(63)64)30-23(15-24-32(39(30)59)35(55)22-13-21(66-6)14-26(52)29(22)34(24)54)36(56)42(25)70-46-41(61)43(71-45-40(60)37(57)27(53)17-67-45)33(19(2)69-46)51(5)48(65)68-16-20-10-8-7-9-11-20/h7-15,19,27,33,36-37,40-43,45-46,52-53,56-61H,16-17H2,1-6H3,(H,50,62)(H,63,64)/t19-,27-,33+,36+,37+,40-,41-,42+,43+,45+,46+/m1/s1. The van der Waals surface area contributed by atoms with Crippen LogP contribution in [0, 0.1) is 6.92 Å². The lowest BCUT2D eigenvalue weighted by atomic mass is 9.74. The minimum absolute atomic E-state index is 0.00835. The lowest BCUT2D eigenvalue weighted by Crippen LogP contribution is -2.66. The summed E-state index contributed by atoms with van der Waals surface area (Å²) in [5.74, 6) is -6.95. The number of aliphatic hydroxyl groups excluding tert-OH is 5. The van der Waals surface area contributed by atoms with E-state index < -0.39 is 160 Å². The average molecular weight is 989 g/mol. The van der Waals surface area contributed by atoms with Gasteiger partial charge in [-0.2, -0.15) is 0 Å². The number of nitrogens with zero attached hydrogens (tertiary/aromatic N) is 1. The van der Waals surface area contributed by atoms with Crippen molar-refractivity contribution in [3.63, 3.8) is 0 Å². The Kier molecular flexibility index (Phi) is 13.6.